The number of halogens is 2. The number of hydrogen-bond donors (Lipinski definition) is 1. The third-order valence-corrected chi connectivity index (χ3v) is 4.64. The topological polar surface area (TPSA) is 73.1 Å². The van der Waals surface area contributed by atoms with Gasteiger partial charge < -0.3 is 13.9 Å². The molecule has 0 fully saturated rings. The molecule has 0 atom stereocenters. The molecule has 0 saturated heterocycles. The van der Waals surface area contributed by atoms with Crippen LogP contribution in [-0.2, 0) is 4.79 Å². The number of nitrogens with one attached hydrogen (secondary N) is 1. The van der Waals surface area contributed by atoms with E-state index < -0.39 is 5.91 Å². The highest BCUT2D eigenvalue weighted by atomic mass is 79.9. The fourth-order valence-electron chi connectivity index (χ4n) is 2.30. The Kier molecular flexibility index (Phi) is 6.89. The Balaban J connectivity index is 1.52. The van der Waals surface area contributed by atoms with Crippen LogP contribution < -0.4 is 14.9 Å². The summed E-state index contributed by atoms with van der Waals surface area (Å²) >= 11 is 6.75. The standard InChI is InChI=1S/C20H16Br2N2O4/c1-26-19-10-15(22)6-8-18(19)27-12-20(25)24-23-11-16-7-9-17(28-16)13-2-4-14(21)5-3-13/h2-11H,12H2,1H3,(H,24,25)/b23-11+. The summed E-state index contributed by atoms with van der Waals surface area (Å²) in [6, 6.07) is 16.6. The van der Waals surface area contributed by atoms with Crippen LogP contribution in [0.5, 0.6) is 11.5 Å². The number of benzene rings is 2. The first kappa shape index (κ1) is 20.2. The maximum absolute atomic E-state index is 11.9. The second-order valence-electron chi connectivity index (χ2n) is 5.59. The van der Waals surface area contributed by atoms with Gasteiger partial charge in [0.2, 0.25) is 0 Å². The molecule has 0 spiro atoms. The molecule has 1 N–H and O–H groups in total. The number of ether oxygens (including phenoxy) is 2. The van der Waals surface area contributed by atoms with Gasteiger partial charge in [0, 0.05) is 14.5 Å². The number of carbonyl (C=O) groups excluding carboxylic acids is 1. The summed E-state index contributed by atoms with van der Waals surface area (Å²) in [5.41, 5.74) is 3.34. The van der Waals surface area contributed by atoms with Crippen LogP contribution in [0, 0.1) is 0 Å². The summed E-state index contributed by atoms with van der Waals surface area (Å²) in [4.78, 5) is 11.9. The molecule has 1 aromatic heterocycles. The molecule has 8 heteroatoms. The highest BCUT2D eigenvalue weighted by Gasteiger charge is 2.08. The lowest BCUT2D eigenvalue weighted by atomic mass is 10.2. The third-order valence-electron chi connectivity index (χ3n) is 3.62. The number of amides is 1. The molecule has 3 aromatic rings. The first-order valence-electron chi connectivity index (χ1n) is 8.19. The smallest absolute Gasteiger partial charge is 0.277 e. The van der Waals surface area contributed by atoms with Gasteiger partial charge in [0.15, 0.2) is 18.1 Å². The normalized spacial score (nSPS) is 10.8. The summed E-state index contributed by atoms with van der Waals surface area (Å²) in [5.74, 6) is 1.83. The van der Waals surface area contributed by atoms with E-state index in [0.29, 0.717) is 23.0 Å². The van der Waals surface area contributed by atoms with Gasteiger partial charge in [-0.25, -0.2) is 5.43 Å². The lowest BCUT2D eigenvalue weighted by molar-refractivity contribution is -0.123. The van der Waals surface area contributed by atoms with Gasteiger partial charge in [0.05, 0.1) is 13.3 Å². The van der Waals surface area contributed by atoms with Gasteiger partial charge in [-0.15, -0.1) is 0 Å². The number of carbonyl (C=O) groups is 1. The molecule has 2 aromatic carbocycles. The zero-order valence-electron chi connectivity index (χ0n) is 14.8. The summed E-state index contributed by atoms with van der Waals surface area (Å²) in [7, 11) is 1.53. The van der Waals surface area contributed by atoms with Gasteiger partial charge in [-0.1, -0.05) is 44.0 Å². The Morgan fingerprint density at radius 1 is 1.07 bits per heavy atom. The minimum absolute atomic E-state index is 0.197. The predicted molar refractivity (Wildman–Crippen MR) is 114 cm³/mol. The van der Waals surface area contributed by atoms with Crippen molar-refractivity contribution in [3.63, 3.8) is 0 Å². The summed E-state index contributed by atoms with van der Waals surface area (Å²) in [5, 5.41) is 3.89. The van der Waals surface area contributed by atoms with Crippen LogP contribution in [0.4, 0.5) is 0 Å². The number of hydrogen-bond acceptors (Lipinski definition) is 5. The van der Waals surface area contributed by atoms with Gasteiger partial charge in [0.25, 0.3) is 5.91 Å². The Bertz CT molecular complexity index is 984. The summed E-state index contributed by atoms with van der Waals surface area (Å²) in [6.07, 6.45) is 1.43. The van der Waals surface area contributed by atoms with E-state index in [1.54, 1.807) is 24.3 Å². The van der Waals surface area contributed by atoms with Crippen molar-refractivity contribution in [1.82, 2.24) is 5.43 Å². The summed E-state index contributed by atoms with van der Waals surface area (Å²) in [6.45, 7) is -0.197. The molecule has 0 aliphatic carbocycles. The minimum Gasteiger partial charge on any atom is -0.493 e. The van der Waals surface area contributed by atoms with E-state index >= 15 is 0 Å². The molecule has 28 heavy (non-hydrogen) atoms. The largest absolute Gasteiger partial charge is 0.493 e. The van der Waals surface area contributed by atoms with Crippen molar-refractivity contribution in [3.8, 4) is 22.8 Å². The van der Waals surface area contributed by atoms with Crippen molar-refractivity contribution in [3.05, 3.63) is 69.3 Å². The number of rotatable bonds is 7. The van der Waals surface area contributed by atoms with Gasteiger partial charge >= 0.3 is 0 Å². The van der Waals surface area contributed by atoms with Gasteiger partial charge in [-0.3, -0.25) is 4.79 Å². The average molecular weight is 508 g/mol. The fourth-order valence-corrected chi connectivity index (χ4v) is 2.90. The Morgan fingerprint density at radius 2 is 1.82 bits per heavy atom. The zero-order chi connectivity index (χ0) is 19.9. The molecular weight excluding hydrogens is 492 g/mol. The molecule has 1 amide bonds. The molecule has 3 rings (SSSR count). The van der Waals surface area contributed by atoms with Crippen LogP contribution in [0.25, 0.3) is 11.3 Å². The lowest BCUT2D eigenvalue weighted by Crippen LogP contribution is -2.24. The van der Waals surface area contributed by atoms with Crippen LogP contribution >= 0.6 is 31.9 Å². The number of hydrazone groups is 1. The van der Waals surface area contributed by atoms with Crippen molar-refractivity contribution in [2.75, 3.05) is 13.7 Å². The van der Waals surface area contributed by atoms with Crippen molar-refractivity contribution < 1.29 is 18.7 Å². The van der Waals surface area contributed by atoms with E-state index in [4.69, 9.17) is 13.9 Å². The van der Waals surface area contributed by atoms with Crippen molar-refractivity contribution in [2.45, 2.75) is 0 Å². The zero-order valence-corrected chi connectivity index (χ0v) is 18.0. The van der Waals surface area contributed by atoms with Gasteiger partial charge in [-0.05, 0) is 42.5 Å². The molecule has 0 bridgehead atoms. The van der Waals surface area contributed by atoms with Crippen LogP contribution in [0.3, 0.4) is 0 Å². The molecule has 0 aliphatic rings. The monoisotopic (exact) mass is 506 g/mol. The molecule has 6 nitrogen and oxygen atoms in total. The maximum atomic E-state index is 11.9. The van der Waals surface area contributed by atoms with Crippen molar-refractivity contribution in [1.29, 1.82) is 0 Å². The molecule has 1 heterocycles. The summed E-state index contributed by atoms with van der Waals surface area (Å²) < 4.78 is 18.2. The van der Waals surface area contributed by atoms with E-state index in [2.05, 4.69) is 42.4 Å². The highest BCUT2D eigenvalue weighted by Crippen LogP contribution is 2.30. The Hall–Kier alpha value is -2.58. The number of nitrogens with zero attached hydrogens (tertiary/aromatic N) is 1. The first-order chi connectivity index (χ1) is 13.5. The van der Waals surface area contributed by atoms with E-state index in [0.717, 1.165) is 14.5 Å². The van der Waals surface area contributed by atoms with Crippen LogP contribution in [0.15, 0.2) is 73.1 Å². The Labute approximate surface area is 178 Å². The molecule has 0 unspecified atom stereocenters. The molecule has 0 radical (unpaired) electrons. The van der Waals surface area contributed by atoms with E-state index in [1.165, 1.54) is 13.3 Å². The molecular formula is C20H16Br2N2O4. The van der Waals surface area contributed by atoms with Crippen molar-refractivity contribution >= 4 is 44.0 Å². The SMILES string of the molecule is COc1cc(Br)ccc1OCC(=O)N/N=C/c1ccc(-c2ccc(Br)cc2)o1. The quantitative estimate of drug-likeness (QED) is 0.360. The molecule has 0 aliphatic heterocycles. The van der Waals surface area contributed by atoms with E-state index in [1.807, 2.05) is 30.3 Å². The molecule has 0 saturated carbocycles. The van der Waals surface area contributed by atoms with Crippen LogP contribution in [0.1, 0.15) is 5.76 Å². The third kappa shape index (κ3) is 5.46. The van der Waals surface area contributed by atoms with Gasteiger partial charge in [-0.2, -0.15) is 5.10 Å². The highest BCUT2D eigenvalue weighted by molar-refractivity contribution is 9.10. The minimum atomic E-state index is -0.402. The average Bonchev–Trinajstić information content (AvgIpc) is 3.16. The fraction of sp³-hybridized carbons (Fsp3) is 0.100. The van der Waals surface area contributed by atoms with E-state index in [-0.39, 0.29) is 6.61 Å². The second kappa shape index (κ2) is 9.57. The maximum Gasteiger partial charge on any atom is 0.277 e. The number of furan rings is 1. The van der Waals surface area contributed by atoms with Crippen LogP contribution in [0.2, 0.25) is 0 Å². The lowest BCUT2D eigenvalue weighted by Gasteiger charge is -2.09. The first-order valence-corrected chi connectivity index (χ1v) is 9.78. The van der Waals surface area contributed by atoms with E-state index in [9.17, 15) is 4.79 Å². The van der Waals surface area contributed by atoms with Crippen molar-refractivity contribution in [2.24, 2.45) is 5.10 Å². The van der Waals surface area contributed by atoms with Crippen LogP contribution in [-0.4, -0.2) is 25.8 Å². The predicted octanol–water partition coefficient (Wildman–Crippen LogP) is 5.01. The molecule has 144 valence electrons. The Morgan fingerprint density at radius 3 is 2.57 bits per heavy atom. The number of methoxy groups -OCH3 is 1. The van der Waals surface area contributed by atoms with Gasteiger partial charge in [0.1, 0.15) is 11.5 Å². The second-order valence-corrected chi connectivity index (χ2v) is 7.42.